The normalized spacial score (nSPS) is 13.1. The first-order chi connectivity index (χ1) is 9.15. The molecule has 0 saturated carbocycles. The van der Waals surface area contributed by atoms with Gasteiger partial charge in [-0.25, -0.2) is 9.97 Å². The van der Waals surface area contributed by atoms with Gasteiger partial charge in [0.2, 0.25) is 0 Å². The van der Waals surface area contributed by atoms with Crippen LogP contribution in [0.15, 0.2) is 11.4 Å². The monoisotopic (exact) mass is 279 g/mol. The molecule has 0 saturated heterocycles. The number of nitrogens with zero attached hydrogens (tertiary/aromatic N) is 2. The van der Waals surface area contributed by atoms with Crippen LogP contribution < -0.4 is 5.32 Å². The number of aliphatic hydroxyl groups is 1. The zero-order valence-electron chi connectivity index (χ0n) is 11.7. The van der Waals surface area contributed by atoms with Gasteiger partial charge < -0.3 is 10.4 Å². The summed E-state index contributed by atoms with van der Waals surface area (Å²) in [6, 6.07) is 2.28. The molecule has 2 aromatic rings. The summed E-state index contributed by atoms with van der Waals surface area (Å²) in [4.78, 5) is 10.2. The lowest BCUT2D eigenvalue weighted by molar-refractivity contribution is 0.267. The third-order valence-corrected chi connectivity index (χ3v) is 4.06. The standard InChI is InChI=1S/C14H21N3OS/c1-4-12-16-13(10-6-8-19-14(10)17-12)15-11(5-7-18)9(2)3/h6,8-9,11,18H,4-5,7H2,1-3H3,(H,15,16,17). The molecule has 4 nitrogen and oxygen atoms in total. The number of nitrogens with one attached hydrogen (secondary N) is 1. The molecule has 0 aliphatic carbocycles. The van der Waals surface area contributed by atoms with Crippen LogP contribution in [0.3, 0.4) is 0 Å². The molecular weight excluding hydrogens is 258 g/mol. The summed E-state index contributed by atoms with van der Waals surface area (Å²) in [7, 11) is 0. The Bertz CT molecular complexity index is 538. The fourth-order valence-corrected chi connectivity index (χ4v) is 2.84. The second kappa shape index (κ2) is 6.30. The molecule has 0 fully saturated rings. The van der Waals surface area contributed by atoms with Gasteiger partial charge in [0.15, 0.2) is 0 Å². The van der Waals surface area contributed by atoms with Crippen LogP contribution in [0.25, 0.3) is 10.2 Å². The molecule has 19 heavy (non-hydrogen) atoms. The highest BCUT2D eigenvalue weighted by Crippen LogP contribution is 2.26. The van der Waals surface area contributed by atoms with Crippen molar-refractivity contribution in [2.24, 2.45) is 5.92 Å². The van der Waals surface area contributed by atoms with Crippen molar-refractivity contribution < 1.29 is 5.11 Å². The van der Waals surface area contributed by atoms with Crippen molar-refractivity contribution in [1.29, 1.82) is 0 Å². The number of aryl methyl sites for hydroxylation is 1. The number of aliphatic hydroxyl groups excluding tert-OH is 1. The third-order valence-electron chi connectivity index (χ3n) is 3.25. The summed E-state index contributed by atoms with van der Waals surface area (Å²) in [5.74, 6) is 2.21. The van der Waals surface area contributed by atoms with E-state index in [4.69, 9.17) is 5.11 Å². The lowest BCUT2D eigenvalue weighted by atomic mass is 10.0. The quantitative estimate of drug-likeness (QED) is 0.853. The first-order valence-electron chi connectivity index (χ1n) is 6.77. The summed E-state index contributed by atoms with van der Waals surface area (Å²) in [5, 5.41) is 15.8. The van der Waals surface area contributed by atoms with Crippen LogP contribution in [-0.4, -0.2) is 27.7 Å². The Labute approximate surface area is 117 Å². The molecule has 0 amide bonds. The van der Waals surface area contributed by atoms with E-state index in [1.165, 1.54) is 0 Å². The molecule has 104 valence electrons. The summed E-state index contributed by atoms with van der Waals surface area (Å²) in [6.45, 7) is 6.56. The molecule has 2 rings (SSSR count). The maximum Gasteiger partial charge on any atom is 0.138 e. The first kappa shape index (κ1) is 14.2. The molecule has 0 aliphatic heterocycles. The summed E-state index contributed by atoms with van der Waals surface area (Å²) in [6.07, 6.45) is 1.56. The highest BCUT2D eigenvalue weighted by atomic mass is 32.1. The van der Waals surface area contributed by atoms with E-state index in [0.717, 1.165) is 34.7 Å². The predicted octanol–water partition coefficient (Wildman–Crippen LogP) is 3.07. The second-order valence-electron chi connectivity index (χ2n) is 4.99. The highest BCUT2D eigenvalue weighted by Gasteiger charge is 2.16. The molecule has 0 spiro atoms. The Morgan fingerprint density at radius 3 is 2.79 bits per heavy atom. The van der Waals surface area contributed by atoms with Crippen molar-refractivity contribution in [3.05, 3.63) is 17.3 Å². The summed E-state index contributed by atoms with van der Waals surface area (Å²) < 4.78 is 0. The van der Waals surface area contributed by atoms with Crippen molar-refractivity contribution in [3.8, 4) is 0 Å². The van der Waals surface area contributed by atoms with Crippen molar-refractivity contribution in [2.45, 2.75) is 39.7 Å². The van der Waals surface area contributed by atoms with Gasteiger partial charge in [-0.2, -0.15) is 0 Å². The third kappa shape index (κ3) is 3.22. The Balaban J connectivity index is 2.34. The van der Waals surface area contributed by atoms with E-state index in [2.05, 4.69) is 42.1 Å². The molecule has 0 aromatic carbocycles. The average molecular weight is 279 g/mol. The van der Waals surface area contributed by atoms with E-state index in [9.17, 15) is 0 Å². The summed E-state index contributed by atoms with van der Waals surface area (Å²) >= 11 is 1.64. The minimum atomic E-state index is 0.189. The zero-order chi connectivity index (χ0) is 13.8. The number of thiophene rings is 1. The van der Waals surface area contributed by atoms with Gasteiger partial charge in [-0.1, -0.05) is 20.8 Å². The topological polar surface area (TPSA) is 58.0 Å². The molecule has 1 atom stereocenters. The van der Waals surface area contributed by atoms with Crippen LogP contribution in [0.4, 0.5) is 5.82 Å². The Hall–Kier alpha value is -1.20. The lowest BCUT2D eigenvalue weighted by Gasteiger charge is -2.22. The Morgan fingerprint density at radius 2 is 2.16 bits per heavy atom. The van der Waals surface area contributed by atoms with E-state index in [0.29, 0.717) is 5.92 Å². The highest BCUT2D eigenvalue weighted by molar-refractivity contribution is 7.16. The summed E-state index contributed by atoms with van der Waals surface area (Å²) in [5.41, 5.74) is 0. The maximum absolute atomic E-state index is 9.17. The maximum atomic E-state index is 9.17. The fraction of sp³-hybridized carbons (Fsp3) is 0.571. The molecule has 0 bridgehead atoms. The van der Waals surface area contributed by atoms with E-state index in [1.54, 1.807) is 11.3 Å². The number of aromatic nitrogens is 2. The minimum absolute atomic E-state index is 0.189. The average Bonchev–Trinajstić information content (AvgIpc) is 2.86. The molecule has 2 N–H and O–H groups in total. The smallest absolute Gasteiger partial charge is 0.138 e. The van der Waals surface area contributed by atoms with Gasteiger partial charge in [0.05, 0.1) is 5.39 Å². The van der Waals surface area contributed by atoms with Gasteiger partial charge in [0.1, 0.15) is 16.5 Å². The first-order valence-corrected chi connectivity index (χ1v) is 7.65. The van der Waals surface area contributed by atoms with Crippen molar-refractivity contribution in [2.75, 3.05) is 11.9 Å². The van der Waals surface area contributed by atoms with E-state index in [-0.39, 0.29) is 12.6 Å². The number of hydrogen-bond acceptors (Lipinski definition) is 5. The van der Waals surface area contributed by atoms with Gasteiger partial charge in [-0.3, -0.25) is 0 Å². The molecular formula is C14H21N3OS. The largest absolute Gasteiger partial charge is 0.396 e. The predicted molar refractivity (Wildman–Crippen MR) is 80.7 cm³/mol. The zero-order valence-corrected chi connectivity index (χ0v) is 12.5. The van der Waals surface area contributed by atoms with E-state index >= 15 is 0 Å². The van der Waals surface area contributed by atoms with Gasteiger partial charge in [0, 0.05) is 19.1 Å². The Kier molecular flexibility index (Phi) is 4.71. The van der Waals surface area contributed by atoms with Crippen LogP contribution in [0, 0.1) is 5.92 Å². The van der Waals surface area contributed by atoms with E-state index in [1.807, 2.05) is 5.38 Å². The number of rotatable bonds is 6. The van der Waals surface area contributed by atoms with Gasteiger partial charge in [-0.05, 0) is 23.8 Å². The van der Waals surface area contributed by atoms with Crippen LogP contribution in [-0.2, 0) is 6.42 Å². The lowest BCUT2D eigenvalue weighted by Crippen LogP contribution is -2.27. The van der Waals surface area contributed by atoms with Crippen LogP contribution in [0.5, 0.6) is 0 Å². The Morgan fingerprint density at radius 1 is 1.37 bits per heavy atom. The number of hydrogen-bond donors (Lipinski definition) is 2. The van der Waals surface area contributed by atoms with Crippen LogP contribution >= 0.6 is 11.3 Å². The molecule has 0 aliphatic rings. The van der Waals surface area contributed by atoms with Crippen molar-refractivity contribution >= 4 is 27.4 Å². The van der Waals surface area contributed by atoms with E-state index < -0.39 is 0 Å². The van der Waals surface area contributed by atoms with Crippen molar-refractivity contribution in [1.82, 2.24) is 9.97 Å². The molecule has 2 heterocycles. The molecule has 1 unspecified atom stereocenters. The number of anilines is 1. The molecule has 2 aromatic heterocycles. The van der Waals surface area contributed by atoms with Crippen LogP contribution in [0.1, 0.15) is 33.0 Å². The SMILES string of the molecule is CCc1nc(NC(CCO)C(C)C)c2ccsc2n1. The molecule has 0 radical (unpaired) electrons. The van der Waals surface area contributed by atoms with Crippen LogP contribution in [0.2, 0.25) is 0 Å². The number of fused-ring (bicyclic) bond motifs is 1. The van der Waals surface area contributed by atoms with Crippen molar-refractivity contribution in [3.63, 3.8) is 0 Å². The molecule has 5 heteroatoms. The van der Waals surface area contributed by atoms with Gasteiger partial charge in [0.25, 0.3) is 0 Å². The van der Waals surface area contributed by atoms with Gasteiger partial charge >= 0.3 is 0 Å². The minimum Gasteiger partial charge on any atom is -0.396 e. The second-order valence-corrected chi connectivity index (χ2v) is 5.88. The fourth-order valence-electron chi connectivity index (χ4n) is 2.05. The van der Waals surface area contributed by atoms with Gasteiger partial charge in [-0.15, -0.1) is 11.3 Å².